The number of alkyl halides is 3. The molecular weight excluding hydrogens is 463 g/mol. The van der Waals surface area contributed by atoms with E-state index in [1.807, 2.05) is 31.2 Å². The molecule has 2 heterocycles. The van der Waals surface area contributed by atoms with E-state index >= 15 is 0 Å². The predicted octanol–water partition coefficient (Wildman–Crippen LogP) is 3.14. The Kier molecular flexibility index (Phi) is 7.15. The molecule has 11 heteroatoms. The molecule has 1 N–H and O–H groups in total. The van der Waals surface area contributed by atoms with Gasteiger partial charge in [-0.1, -0.05) is 35.0 Å². The molecule has 35 heavy (non-hydrogen) atoms. The molecule has 8 nitrogen and oxygen atoms in total. The number of hydrogen-bond acceptors (Lipinski definition) is 6. The fourth-order valence-corrected chi connectivity index (χ4v) is 3.67. The molecule has 1 fully saturated rings. The van der Waals surface area contributed by atoms with E-state index < -0.39 is 17.6 Å². The summed E-state index contributed by atoms with van der Waals surface area (Å²) in [5.41, 5.74) is 1.23. The van der Waals surface area contributed by atoms with Crippen molar-refractivity contribution in [3.63, 3.8) is 0 Å². The summed E-state index contributed by atoms with van der Waals surface area (Å²) in [4.78, 5) is 32.8. The molecular formula is C24H24F3N5O3. The lowest BCUT2D eigenvalue weighted by atomic mass is 10.1. The first-order chi connectivity index (χ1) is 16.7. The highest BCUT2D eigenvalue weighted by molar-refractivity contribution is 5.96. The molecule has 4 rings (SSSR count). The molecule has 0 saturated carbocycles. The largest absolute Gasteiger partial charge is 0.416 e. The minimum Gasteiger partial charge on any atom is -0.343 e. The van der Waals surface area contributed by atoms with Crippen molar-refractivity contribution in [2.24, 2.45) is 0 Å². The van der Waals surface area contributed by atoms with E-state index in [1.54, 1.807) is 4.90 Å². The monoisotopic (exact) mass is 487 g/mol. The van der Waals surface area contributed by atoms with E-state index in [0.717, 1.165) is 35.4 Å². The van der Waals surface area contributed by atoms with E-state index in [9.17, 15) is 22.8 Å². The van der Waals surface area contributed by atoms with Crippen molar-refractivity contribution < 1.29 is 27.3 Å². The van der Waals surface area contributed by atoms with Crippen LogP contribution >= 0.6 is 0 Å². The number of carbonyl (C=O) groups excluding carboxylic acids is 2. The zero-order valence-electron chi connectivity index (χ0n) is 19.0. The molecule has 1 aromatic heterocycles. The van der Waals surface area contributed by atoms with E-state index in [2.05, 4.69) is 20.4 Å². The fourth-order valence-electron chi connectivity index (χ4n) is 3.67. The maximum Gasteiger partial charge on any atom is 0.416 e. The lowest BCUT2D eigenvalue weighted by Crippen LogP contribution is -2.50. The van der Waals surface area contributed by atoms with Crippen molar-refractivity contribution in [3.8, 4) is 11.4 Å². The zero-order valence-corrected chi connectivity index (χ0v) is 19.0. The van der Waals surface area contributed by atoms with E-state index in [1.165, 1.54) is 0 Å². The number of rotatable bonds is 6. The third-order valence-corrected chi connectivity index (χ3v) is 5.74. The Bertz CT molecular complexity index is 1170. The van der Waals surface area contributed by atoms with E-state index in [-0.39, 0.29) is 18.0 Å². The van der Waals surface area contributed by atoms with Crippen molar-refractivity contribution in [2.45, 2.75) is 19.6 Å². The number of hydrogen-bond donors (Lipinski definition) is 1. The topological polar surface area (TPSA) is 91.6 Å². The smallest absolute Gasteiger partial charge is 0.343 e. The number of amides is 2. The van der Waals surface area contributed by atoms with Crippen LogP contribution in [0, 0.1) is 6.92 Å². The lowest BCUT2D eigenvalue weighted by molar-refractivity contribution is -0.137. The summed E-state index contributed by atoms with van der Waals surface area (Å²) in [5.74, 6) is 0.151. The molecule has 3 aromatic rings. The van der Waals surface area contributed by atoms with Crippen LogP contribution in [0.5, 0.6) is 0 Å². The van der Waals surface area contributed by atoms with E-state index in [0.29, 0.717) is 44.4 Å². The summed E-state index contributed by atoms with van der Waals surface area (Å²) in [6, 6.07) is 11.7. The average Bonchev–Trinajstić information content (AvgIpc) is 3.31. The van der Waals surface area contributed by atoms with Crippen LogP contribution < -0.4 is 5.32 Å². The first kappa shape index (κ1) is 24.4. The van der Waals surface area contributed by atoms with Gasteiger partial charge in [0.25, 0.3) is 5.91 Å². The molecule has 184 valence electrons. The predicted molar refractivity (Wildman–Crippen MR) is 120 cm³/mol. The third kappa shape index (κ3) is 6.24. The summed E-state index contributed by atoms with van der Waals surface area (Å²) in [5, 5.41) is 6.50. The van der Waals surface area contributed by atoms with E-state index in [4.69, 9.17) is 4.52 Å². The standard InChI is InChI=1S/C24H24F3N5O3/c1-16-2-4-17(5-3-16)22-29-20(35-30-22)15-31-10-12-32(13-11-31)21(33)14-28-23(34)18-6-8-19(9-7-18)24(25,26)27/h2-9H,10-15H2,1H3,(H,28,34). The minimum absolute atomic E-state index is 0.0557. The van der Waals surface area contributed by atoms with Crippen LogP contribution in [0.25, 0.3) is 11.4 Å². The zero-order chi connectivity index (χ0) is 25.0. The molecule has 2 amide bonds. The van der Waals surface area contributed by atoms with Crippen molar-refractivity contribution in [1.82, 2.24) is 25.3 Å². The molecule has 0 bridgehead atoms. The number of nitrogens with zero attached hydrogens (tertiary/aromatic N) is 4. The van der Waals surface area contributed by atoms with Gasteiger partial charge in [0.15, 0.2) is 0 Å². The molecule has 0 radical (unpaired) electrons. The highest BCUT2D eigenvalue weighted by Crippen LogP contribution is 2.29. The SMILES string of the molecule is Cc1ccc(-c2noc(CN3CCN(C(=O)CNC(=O)c4ccc(C(F)(F)F)cc4)CC3)n2)cc1. The molecule has 0 atom stereocenters. The summed E-state index contributed by atoms with van der Waals surface area (Å²) in [7, 11) is 0. The number of halogens is 3. The van der Waals surface area contributed by atoms with Crippen LogP contribution in [-0.2, 0) is 17.5 Å². The van der Waals surface area contributed by atoms with Crippen LogP contribution in [0.2, 0.25) is 0 Å². The van der Waals surface area contributed by atoms with Gasteiger partial charge in [-0.2, -0.15) is 18.2 Å². The molecule has 1 saturated heterocycles. The van der Waals surface area contributed by atoms with Crippen molar-refractivity contribution in [1.29, 1.82) is 0 Å². The van der Waals surface area contributed by atoms with Gasteiger partial charge in [-0.15, -0.1) is 0 Å². The highest BCUT2D eigenvalue weighted by atomic mass is 19.4. The summed E-state index contributed by atoms with van der Waals surface area (Å²) in [6.45, 7) is 4.36. The summed E-state index contributed by atoms with van der Waals surface area (Å²) < 4.78 is 43.3. The second-order valence-electron chi connectivity index (χ2n) is 8.29. The number of carbonyl (C=O) groups is 2. The first-order valence-electron chi connectivity index (χ1n) is 11.0. The Balaban J connectivity index is 1.22. The van der Waals surface area contributed by atoms with Gasteiger partial charge in [-0.3, -0.25) is 14.5 Å². The second kappa shape index (κ2) is 10.3. The maximum absolute atomic E-state index is 12.6. The number of benzene rings is 2. The second-order valence-corrected chi connectivity index (χ2v) is 8.29. The van der Waals surface area contributed by atoms with Crippen LogP contribution in [0.4, 0.5) is 13.2 Å². The highest BCUT2D eigenvalue weighted by Gasteiger charge is 2.30. The van der Waals surface area contributed by atoms with Crippen molar-refractivity contribution >= 4 is 11.8 Å². The Hall–Kier alpha value is -3.73. The molecule has 0 unspecified atom stereocenters. The van der Waals surface area contributed by atoms with Gasteiger partial charge in [-0.25, -0.2) is 0 Å². The average molecular weight is 487 g/mol. The molecule has 0 spiro atoms. The molecule has 1 aliphatic rings. The van der Waals surface area contributed by atoms with Gasteiger partial charge in [0.2, 0.25) is 17.6 Å². The maximum atomic E-state index is 12.6. The normalized spacial score (nSPS) is 14.7. The number of nitrogens with one attached hydrogen (secondary N) is 1. The molecule has 0 aliphatic carbocycles. The Morgan fingerprint density at radius 2 is 1.66 bits per heavy atom. The van der Waals surface area contributed by atoms with Gasteiger partial charge in [0, 0.05) is 37.3 Å². The molecule has 2 aromatic carbocycles. The summed E-state index contributed by atoms with van der Waals surface area (Å²) in [6.07, 6.45) is -4.47. The van der Waals surface area contributed by atoms with Gasteiger partial charge in [0.1, 0.15) is 0 Å². The van der Waals surface area contributed by atoms with Crippen molar-refractivity contribution in [2.75, 3.05) is 32.7 Å². The van der Waals surface area contributed by atoms with Crippen LogP contribution in [0.3, 0.4) is 0 Å². The van der Waals surface area contributed by atoms with Gasteiger partial charge >= 0.3 is 6.18 Å². The Morgan fingerprint density at radius 3 is 2.29 bits per heavy atom. The van der Waals surface area contributed by atoms with Crippen LogP contribution in [-0.4, -0.2) is 64.5 Å². The number of piperazine rings is 1. The fraction of sp³-hybridized carbons (Fsp3) is 0.333. The van der Waals surface area contributed by atoms with Gasteiger partial charge in [0.05, 0.1) is 18.7 Å². The van der Waals surface area contributed by atoms with Crippen molar-refractivity contribution in [3.05, 3.63) is 71.1 Å². The lowest BCUT2D eigenvalue weighted by Gasteiger charge is -2.34. The Labute approximate surface area is 199 Å². The van der Waals surface area contributed by atoms with Crippen LogP contribution in [0.15, 0.2) is 53.1 Å². The minimum atomic E-state index is -4.47. The van der Waals surface area contributed by atoms with Gasteiger partial charge < -0.3 is 14.7 Å². The Morgan fingerprint density at radius 1 is 1.00 bits per heavy atom. The number of aryl methyl sites for hydroxylation is 1. The first-order valence-corrected chi connectivity index (χ1v) is 11.0. The van der Waals surface area contributed by atoms with Crippen LogP contribution in [0.1, 0.15) is 27.4 Å². The summed E-state index contributed by atoms with van der Waals surface area (Å²) >= 11 is 0. The molecule has 1 aliphatic heterocycles. The number of aromatic nitrogens is 2. The quantitative estimate of drug-likeness (QED) is 0.575. The van der Waals surface area contributed by atoms with Gasteiger partial charge in [-0.05, 0) is 31.2 Å². The third-order valence-electron chi connectivity index (χ3n) is 5.74.